The van der Waals surface area contributed by atoms with Crippen molar-refractivity contribution in [2.75, 3.05) is 0 Å². The summed E-state index contributed by atoms with van der Waals surface area (Å²) in [6.45, 7) is 0. The van der Waals surface area contributed by atoms with Crippen molar-refractivity contribution in [3.63, 3.8) is 0 Å². The topological polar surface area (TPSA) is 43.1 Å². The Balaban J connectivity index is 2.14. The van der Waals surface area contributed by atoms with Gasteiger partial charge in [0.05, 0.1) is 0 Å². The maximum absolute atomic E-state index is 11.5. The summed E-state index contributed by atoms with van der Waals surface area (Å²) < 4.78 is 0. The number of nitrogens with two attached hydrogens (primary N) is 1. The third-order valence-electron chi connectivity index (χ3n) is 3.78. The van der Waals surface area contributed by atoms with Crippen LogP contribution in [-0.2, 0) is 5.41 Å². The van der Waals surface area contributed by atoms with Gasteiger partial charge in [0.1, 0.15) is 0 Å². The van der Waals surface area contributed by atoms with Crippen LogP contribution in [0.2, 0.25) is 0 Å². The van der Waals surface area contributed by atoms with Crippen molar-refractivity contribution >= 4 is 5.91 Å². The SMILES string of the molecule is NC(=O)c1ccccc1C1(c2ccccc2)CC1. The van der Waals surface area contributed by atoms with Crippen LogP contribution in [0.1, 0.15) is 34.3 Å². The van der Waals surface area contributed by atoms with E-state index >= 15 is 0 Å². The Labute approximate surface area is 106 Å². The summed E-state index contributed by atoms with van der Waals surface area (Å²) in [4.78, 5) is 11.5. The zero-order valence-corrected chi connectivity index (χ0v) is 10.1. The predicted octanol–water partition coefficient (Wildman–Crippen LogP) is 2.87. The van der Waals surface area contributed by atoms with E-state index in [0.717, 1.165) is 18.4 Å². The Morgan fingerprint density at radius 3 is 2.17 bits per heavy atom. The number of hydrogen-bond acceptors (Lipinski definition) is 1. The number of rotatable bonds is 3. The van der Waals surface area contributed by atoms with Crippen LogP contribution in [0.3, 0.4) is 0 Å². The van der Waals surface area contributed by atoms with Crippen molar-refractivity contribution in [3.8, 4) is 0 Å². The largest absolute Gasteiger partial charge is 0.366 e. The molecule has 0 saturated heterocycles. The quantitative estimate of drug-likeness (QED) is 0.876. The van der Waals surface area contributed by atoms with E-state index in [1.807, 2.05) is 42.5 Å². The summed E-state index contributed by atoms with van der Waals surface area (Å²) in [5.41, 5.74) is 8.49. The third-order valence-corrected chi connectivity index (χ3v) is 3.78. The van der Waals surface area contributed by atoms with Gasteiger partial charge in [0.15, 0.2) is 0 Å². The molecule has 90 valence electrons. The smallest absolute Gasteiger partial charge is 0.249 e. The van der Waals surface area contributed by atoms with E-state index in [1.54, 1.807) is 0 Å². The summed E-state index contributed by atoms with van der Waals surface area (Å²) in [5, 5.41) is 0. The number of carbonyl (C=O) groups is 1. The average Bonchev–Trinajstić information content (AvgIpc) is 3.21. The van der Waals surface area contributed by atoms with Gasteiger partial charge in [-0.1, -0.05) is 48.5 Å². The molecule has 0 spiro atoms. The first kappa shape index (κ1) is 11.0. The summed E-state index contributed by atoms with van der Waals surface area (Å²) >= 11 is 0. The highest BCUT2D eigenvalue weighted by Crippen LogP contribution is 2.54. The zero-order chi connectivity index (χ0) is 12.6. The molecule has 0 atom stereocenters. The van der Waals surface area contributed by atoms with Gasteiger partial charge in [-0.2, -0.15) is 0 Å². The molecule has 0 unspecified atom stereocenters. The average molecular weight is 237 g/mol. The van der Waals surface area contributed by atoms with Crippen LogP contribution in [0.5, 0.6) is 0 Å². The zero-order valence-electron chi connectivity index (χ0n) is 10.1. The molecule has 1 aliphatic rings. The van der Waals surface area contributed by atoms with Crippen LogP contribution < -0.4 is 5.73 Å². The molecule has 1 saturated carbocycles. The number of carbonyl (C=O) groups excluding carboxylic acids is 1. The van der Waals surface area contributed by atoms with E-state index < -0.39 is 0 Å². The van der Waals surface area contributed by atoms with Crippen LogP contribution in [-0.4, -0.2) is 5.91 Å². The first-order chi connectivity index (χ1) is 8.74. The molecule has 1 fully saturated rings. The summed E-state index contributed by atoms with van der Waals surface area (Å²) in [5.74, 6) is -0.340. The van der Waals surface area contributed by atoms with Crippen LogP contribution in [0.25, 0.3) is 0 Å². The molecule has 0 bridgehead atoms. The van der Waals surface area contributed by atoms with Gasteiger partial charge in [-0.15, -0.1) is 0 Å². The molecule has 2 heteroatoms. The van der Waals surface area contributed by atoms with Crippen LogP contribution in [0.4, 0.5) is 0 Å². The molecular formula is C16H15NO. The van der Waals surface area contributed by atoms with Crippen molar-refractivity contribution in [1.29, 1.82) is 0 Å². The molecule has 3 rings (SSSR count). The number of amides is 1. The monoisotopic (exact) mass is 237 g/mol. The van der Waals surface area contributed by atoms with Gasteiger partial charge < -0.3 is 5.73 Å². The fourth-order valence-electron chi connectivity index (χ4n) is 2.71. The predicted molar refractivity (Wildman–Crippen MR) is 71.4 cm³/mol. The Morgan fingerprint density at radius 1 is 0.944 bits per heavy atom. The molecule has 0 radical (unpaired) electrons. The molecule has 2 N–H and O–H groups in total. The fourth-order valence-corrected chi connectivity index (χ4v) is 2.71. The maximum atomic E-state index is 11.5. The van der Waals surface area contributed by atoms with E-state index in [4.69, 9.17) is 5.73 Å². The minimum Gasteiger partial charge on any atom is -0.366 e. The first-order valence-electron chi connectivity index (χ1n) is 6.19. The van der Waals surface area contributed by atoms with Crippen LogP contribution in [0.15, 0.2) is 54.6 Å². The molecule has 1 amide bonds. The molecule has 1 aliphatic carbocycles. The van der Waals surface area contributed by atoms with E-state index in [-0.39, 0.29) is 11.3 Å². The van der Waals surface area contributed by atoms with E-state index in [1.165, 1.54) is 5.56 Å². The minimum absolute atomic E-state index is 0.00683. The molecule has 18 heavy (non-hydrogen) atoms. The maximum Gasteiger partial charge on any atom is 0.249 e. The minimum atomic E-state index is -0.340. The standard InChI is InChI=1S/C16H15NO/c17-15(18)13-8-4-5-9-14(13)16(10-11-16)12-6-2-1-3-7-12/h1-9H,10-11H2,(H2,17,18). The van der Waals surface area contributed by atoms with E-state index in [0.29, 0.717) is 5.56 Å². The highest BCUT2D eigenvalue weighted by Gasteiger charge is 2.47. The van der Waals surface area contributed by atoms with Crippen LogP contribution in [0, 0.1) is 0 Å². The second kappa shape index (κ2) is 3.98. The van der Waals surface area contributed by atoms with Crippen molar-refractivity contribution in [3.05, 3.63) is 71.3 Å². The molecule has 2 aromatic rings. The lowest BCUT2D eigenvalue weighted by Crippen LogP contribution is -2.19. The molecule has 0 aliphatic heterocycles. The van der Waals surface area contributed by atoms with Gasteiger partial charge in [-0.05, 0) is 30.0 Å². The van der Waals surface area contributed by atoms with Gasteiger partial charge in [-0.25, -0.2) is 0 Å². The highest BCUT2D eigenvalue weighted by atomic mass is 16.1. The van der Waals surface area contributed by atoms with E-state index in [2.05, 4.69) is 12.1 Å². The van der Waals surface area contributed by atoms with Crippen molar-refractivity contribution in [2.24, 2.45) is 5.73 Å². The first-order valence-corrected chi connectivity index (χ1v) is 6.19. The van der Waals surface area contributed by atoms with Crippen molar-refractivity contribution in [2.45, 2.75) is 18.3 Å². The third kappa shape index (κ3) is 1.61. The van der Waals surface area contributed by atoms with Crippen molar-refractivity contribution < 1.29 is 4.79 Å². The Hall–Kier alpha value is -2.09. The number of primary amides is 1. The Morgan fingerprint density at radius 2 is 1.56 bits per heavy atom. The summed E-state index contributed by atoms with van der Waals surface area (Å²) in [6, 6.07) is 18.1. The van der Waals surface area contributed by atoms with Gasteiger partial charge in [0, 0.05) is 11.0 Å². The molecule has 2 aromatic carbocycles. The van der Waals surface area contributed by atoms with Gasteiger partial charge >= 0.3 is 0 Å². The van der Waals surface area contributed by atoms with Crippen molar-refractivity contribution in [1.82, 2.24) is 0 Å². The molecule has 2 nitrogen and oxygen atoms in total. The molecule has 0 aromatic heterocycles. The molecule has 0 heterocycles. The summed E-state index contributed by atoms with van der Waals surface area (Å²) in [6.07, 6.45) is 2.17. The van der Waals surface area contributed by atoms with Gasteiger partial charge in [-0.3, -0.25) is 4.79 Å². The lowest BCUT2D eigenvalue weighted by atomic mass is 9.85. The van der Waals surface area contributed by atoms with E-state index in [9.17, 15) is 4.79 Å². The summed E-state index contributed by atoms with van der Waals surface area (Å²) in [7, 11) is 0. The normalized spacial score (nSPS) is 16.2. The Bertz CT molecular complexity index is 585. The second-order valence-corrected chi connectivity index (χ2v) is 4.86. The lowest BCUT2D eigenvalue weighted by molar-refractivity contribution is 0.0999. The lowest BCUT2D eigenvalue weighted by Gasteiger charge is -2.18. The number of benzene rings is 2. The Kier molecular flexibility index (Phi) is 2.44. The van der Waals surface area contributed by atoms with Crippen LogP contribution >= 0.6 is 0 Å². The number of hydrogen-bond donors (Lipinski definition) is 1. The molecular weight excluding hydrogens is 222 g/mol. The second-order valence-electron chi connectivity index (χ2n) is 4.86. The van der Waals surface area contributed by atoms with Gasteiger partial charge in [0.2, 0.25) is 5.91 Å². The highest BCUT2D eigenvalue weighted by molar-refractivity contribution is 5.95. The van der Waals surface area contributed by atoms with Gasteiger partial charge in [0.25, 0.3) is 0 Å². The fraction of sp³-hybridized carbons (Fsp3) is 0.188.